The zero-order chi connectivity index (χ0) is 15.3. The molecule has 0 aromatic heterocycles. The molecule has 1 amide bonds. The van der Waals surface area contributed by atoms with Gasteiger partial charge in [-0.3, -0.25) is 4.79 Å². The fourth-order valence-corrected chi connectivity index (χ4v) is 1.65. The summed E-state index contributed by atoms with van der Waals surface area (Å²) in [6.45, 7) is 2.65. The van der Waals surface area contributed by atoms with E-state index in [1.807, 2.05) is 0 Å². The van der Waals surface area contributed by atoms with Gasteiger partial charge < -0.3 is 14.4 Å². The highest BCUT2D eigenvalue weighted by molar-refractivity contribution is 5.92. The Hall–Kier alpha value is -1.57. The molecule has 1 fully saturated rings. The van der Waals surface area contributed by atoms with Crippen molar-refractivity contribution in [3.05, 3.63) is 11.6 Å². The van der Waals surface area contributed by atoms with E-state index in [1.54, 1.807) is 6.92 Å². The number of carbonyl (C=O) groups excluding carboxylic acids is 2. The van der Waals surface area contributed by atoms with Crippen LogP contribution in [0.1, 0.15) is 13.8 Å². The Morgan fingerprint density at radius 1 is 1.45 bits per heavy atom. The summed E-state index contributed by atoms with van der Waals surface area (Å²) in [4.78, 5) is 24.6. The predicted molar refractivity (Wildman–Crippen MR) is 62.8 cm³/mol. The van der Waals surface area contributed by atoms with Crippen molar-refractivity contribution in [2.45, 2.75) is 26.1 Å². The van der Waals surface area contributed by atoms with Crippen molar-refractivity contribution < 1.29 is 32.2 Å². The summed E-state index contributed by atoms with van der Waals surface area (Å²) in [5.74, 6) is -1.56. The SMILES string of the molecule is CCOC(=O)C1COCCN1C(=O)C=C(C)C(F)(F)F. The summed E-state index contributed by atoms with van der Waals surface area (Å²) < 4.78 is 47.0. The first-order chi connectivity index (χ1) is 9.27. The largest absolute Gasteiger partial charge is 0.464 e. The number of nitrogens with zero attached hydrogens (tertiary/aromatic N) is 1. The zero-order valence-electron chi connectivity index (χ0n) is 11.2. The van der Waals surface area contributed by atoms with Gasteiger partial charge in [-0.25, -0.2) is 4.79 Å². The number of hydrogen-bond acceptors (Lipinski definition) is 4. The topological polar surface area (TPSA) is 55.8 Å². The van der Waals surface area contributed by atoms with Crippen LogP contribution in [-0.4, -0.2) is 55.4 Å². The van der Waals surface area contributed by atoms with Crippen molar-refractivity contribution in [1.29, 1.82) is 0 Å². The van der Waals surface area contributed by atoms with Gasteiger partial charge in [0.2, 0.25) is 5.91 Å². The van der Waals surface area contributed by atoms with Crippen LogP contribution in [0.3, 0.4) is 0 Å². The quantitative estimate of drug-likeness (QED) is 0.581. The number of hydrogen-bond donors (Lipinski definition) is 0. The summed E-state index contributed by atoms with van der Waals surface area (Å²) in [6.07, 6.45) is -4.08. The zero-order valence-corrected chi connectivity index (χ0v) is 11.2. The van der Waals surface area contributed by atoms with E-state index in [9.17, 15) is 22.8 Å². The first kappa shape index (κ1) is 16.5. The monoisotopic (exact) mass is 295 g/mol. The van der Waals surface area contributed by atoms with E-state index in [1.165, 1.54) is 0 Å². The molecule has 1 rings (SSSR count). The number of allylic oxidation sites excluding steroid dienone is 1. The van der Waals surface area contributed by atoms with Gasteiger partial charge in [0, 0.05) is 18.2 Å². The van der Waals surface area contributed by atoms with Gasteiger partial charge in [0.15, 0.2) is 6.04 Å². The molecule has 0 saturated carbocycles. The van der Waals surface area contributed by atoms with Gasteiger partial charge in [0.1, 0.15) is 0 Å². The molecule has 0 aromatic rings. The first-order valence-corrected chi connectivity index (χ1v) is 6.07. The smallest absolute Gasteiger partial charge is 0.412 e. The van der Waals surface area contributed by atoms with E-state index in [2.05, 4.69) is 0 Å². The lowest BCUT2D eigenvalue weighted by Gasteiger charge is -2.33. The van der Waals surface area contributed by atoms with Crippen LogP contribution in [0.2, 0.25) is 0 Å². The molecule has 0 N–H and O–H groups in total. The molecule has 8 heteroatoms. The van der Waals surface area contributed by atoms with Gasteiger partial charge in [0.25, 0.3) is 0 Å². The molecule has 0 radical (unpaired) electrons. The highest BCUT2D eigenvalue weighted by atomic mass is 19.4. The molecule has 1 unspecified atom stereocenters. The maximum absolute atomic E-state index is 12.4. The minimum atomic E-state index is -4.57. The Morgan fingerprint density at radius 3 is 2.65 bits per heavy atom. The van der Waals surface area contributed by atoms with Crippen molar-refractivity contribution in [2.75, 3.05) is 26.4 Å². The first-order valence-electron chi connectivity index (χ1n) is 6.07. The number of amides is 1. The van der Waals surface area contributed by atoms with Crippen molar-refractivity contribution in [2.24, 2.45) is 0 Å². The molecule has 114 valence electrons. The molecule has 1 aliphatic rings. The maximum atomic E-state index is 12.4. The van der Waals surface area contributed by atoms with Gasteiger partial charge in [-0.15, -0.1) is 0 Å². The molecule has 0 spiro atoms. The molecule has 20 heavy (non-hydrogen) atoms. The third-order valence-electron chi connectivity index (χ3n) is 2.76. The Labute approximate surface area is 114 Å². The molecule has 0 bridgehead atoms. The van der Waals surface area contributed by atoms with Crippen LogP contribution < -0.4 is 0 Å². The van der Waals surface area contributed by atoms with Crippen LogP contribution in [0.15, 0.2) is 11.6 Å². The van der Waals surface area contributed by atoms with E-state index >= 15 is 0 Å². The number of halogens is 3. The van der Waals surface area contributed by atoms with Crippen molar-refractivity contribution >= 4 is 11.9 Å². The number of alkyl halides is 3. The lowest BCUT2D eigenvalue weighted by molar-refractivity contribution is -0.161. The lowest BCUT2D eigenvalue weighted by Crippen LogP contribution is -2.52. The van der Waals surface area contributed by atoms with Crippen LogP contribution in [0.4, 0.5) is 13.2 Å². The van der Waals surface area contributed by atoms with Crippen molar-refractivity contribution in [3.8, 4) is 0 Å². The van der Waals surface area contributed by atoms with Gasteiger partial charge in [-0.05, 0) is 13.8 Å². The van der Waals surface area contributed by atoms with Crippen LogP contribution in [0.5, 0.6) is 0 Å². The van der Waals surface area contributed by atoms with Crippen LogP contribution in [-0.2, 0) is 19.1 Å². The van der Waals surface area contributed by atoms with E-state index in [4.69, 9.17) is 9.47 Å². The van der Waals surface area contributed by atoms with Gasteiger partial charge in [-0.2, -0.15) is 13.2 Å². The Bertz CT molecular complexity index is 406. The molecule has 0 aromatic carbocycles. The number of rotatable bonds is 3. The minimum absolute atomic E-state index is 0.0456. The summed E-state index contributed by atoms with van der Waals surface area (Å²) in [5.41, 5.74) is -1.02. The van der Waals surface area contributed by atoms with Crippen LogP contribution >= 0.6 is 0 Å². The minimum Gasteiger partial charge on any atom is -0.464 e. The summed E-state index contributed by atoms with van der Waals surface area (Å²) >= 11 is 0. The number of morpholine rings is 1. The highest BCUT2D eigenvalue weighted by Crippen LogP contribution is 2.25. The van der Waals surface area contributed by atoms with Crippen LogP contribution in [0, 0.1) is 0 Å². The second kappa shape index (κ2) is 6.74. The molecular formula is C12H16F3NO4. The molecule has 1 atom stereocenters. The van der Waals surface area contributed by atoms with Crippen LogP contribution in [0.25, 0.3) is 0 Å². The van der Waals surface area contributed by atoms with E-state index < -0.39 is 29.7 Å². The second-order valence-corrected chi connectivity index (χ2v) is 4.20. The highest BCUT2D eigenvalue weighted by Gasteiger charge is 2.35. The summed E-state index contributed by atoms with van der Waals surface area (Å²) in [5, 5.41) is 0. The Balaban J connectivity index is 2.85. The summed E-state index contributed by atoms with van der Waals surface area (Å²) in [6, 6.07) is -1.01. The molecule has 5 nitrogen and oxygen atoms in total. The number of esters is 1. The lowest BCUT2D eigenvalue weighted by atomic mass is 10.2. The molecule has 1 saturated heterocycles. The van der Waals surface area contributed by atoms with Crippen molar-refractivity contribution in [1.82, 2.24) is 4.90 Å². The van der Waals surface area contributed by atoms with E-state index in [0.717, 1.165) is 11.8 Å². The van der Waals surface area contributed by atoms with Gasteiger partial charge >= 0.3 is 12.1 Å². The third kappa shape index (κ3) is 4.22. The molecular weight excluding hydrogens is 279 g/mol. The second-order valence-electron chi connectivity index (χ2n) is 4.20. The standard InChI is InChI=1S/C12H16F3NO4/c1-3-20-11(18)9-7-19-5-4-16(9)10(17)6-8(2)12(13,14)15/h6,9H,3-5,7H2,1-2H3. The van der Waals surface area contributed by atoms with Gasteiger partial charge in [-0.1, -0.05) is 0 Å². The average molecular weight is 295 g/mol. The molecule has 1 aliphatic heterocycles. The maximum Gasteiger partial charge on any atom is 0.412 e. The average Bonchev–Trinajstić information content (AvgIpc) is 2.37. The van der Waals surface area contributed by atoms with Gasteiger partial charge in [0.05, 0.1) is 19.8 Å². The predicted octanol–water partition coefficient (Wildman–Crippen LogP) is 1.29. The third-order valence-corrected chi connectivity index (χ3v) is 2.76. The number of ether oxygens (including phenoxy) is 2. The number of carbonyl (C=O) groups is 2. The fraction of sp³-hybridized carbons (Fsp3) is 0.667. The van der Waals surface area contributed by atoms with Crippen molar-refractivity contribution in [3.63, 3.8) is 0 Å². The fourth-order valence-electron chi connectivity index (χ4n) is 1.65. The van der Waals surface area contributed by atoms with E-state index in [-0.39, 0.29) is 26.4 Å². The summed E-state index contributed by atoms with van der Waals surface area (Å²) in [7, 11) is 0. The Kier molecular flexibility index (Phi) is 5.55. The van der Waals surface area contributed by atoms with E-state index in [0.29, 0.717) is 6.08 Å². The molecule has 1 heterocycles. The normalized spacial score (nSPS) is 20.8. The molecule has 0 aliphatic carbocycles. The Morgan fingerprint density at radius 2 is 2.10 bits per heavy atom.